The van der Waals surface area contributed by atoms with Gasteiger partial charge in [-0.15, -0.1) is 12.3 Å². The number of rotatable bonds is 5. The predicted molar refractivity (Wildman–Crippen MR) is 65.5 cm³/mol. The van der Waals surface area contributed by atoms with E-state index in [4.69, 9.17) is 12.2 Å². The van der Waals surface area contributed by atoms with Crippen LogP contribution in [-0.2, 0) is 6.42 Å². The van der Waals surface area contributed by atoms with E-state index in [0.29, 0.717) is 0 Å². The van der Waals surface area contributed by atoms with Gasteiger partial charge < -0.3 is 5.73 Å². The van der Waals surface area contributed by atoms with Gasteiger partial charge in [-0.05, 0) is 31.7 Å². The predicted octanol–water partition coefficient (Wildman–Crippen LogP) is 2.67. The molecule has 0 amide bonds. The Morgan fingerprint density at radius 2 is 2.20 bits per heavy atom. The molecular weight excluding hydrogens is 182 g/mol. The first-order chi connectivity index (χ1) is 7.22. The number of terminal acetylenes is 1. The first-order valence-corrected chi connectivity index (χ1v) is 5.47. The van der Waals surface area contributed by atoms with Crippen LogP contribution in [0, 0.1) is 19.3 Å². The van der Waals surface area contributed by atoms with Crippen LogP contribution in [0.15, 0.2) is 24.3 Å². The number of hydrogen-bond donors (Lipinski definition) is 1. The Bertz CT molecular complexity index is 335. The second kappa shape index (κ2) is 6.27. The van der Waals surface area contributed by atoms with Crippen LogP contribution in [0.25, 0.3) is 0 Å². The average molecular weight is 201 g/mol. The molecule has 0 saturated heterocycles. The zero-order valence-corrected chi connectivity index (χ0v) is 9.37. The van der Waals surface area contributed by atoms with Gasteiger partial charge in [-0.1, -0.05) is 29.8 Å². The Balaban J connectivity index is 2.34. The van der Waals surface area contributed by atoms with Gasteiger partial charge in [0.15, 0.2) is 0 Å². The van der Waals surface area contributed by atoms with Crippen molar-refractivity contribution in [2.45, 2.75) is 38.6 Å². The second-order valence-electron chi connectivity index (χ2n) is 4.03. The highest BCUT2D eigenvalue weighted by molar-refractivity contribution is 5.22. The van der Waals surface area contributed by atoms with Crippen molar-refractivity contribution in [2.24, 2.45) is 5.73 Å². The molecule has 1 aromatic carbocycles. The molecule has 0 bridgehead atoms. The van der Waals surface area contributed by atoms with Crippen molar-refractivity contribution in [2.75, 3.05) is 0 Å². The van der Waals surface area contributed by atoms with E-state index in [-0.39, 0.29) is 6.04 Å². The maximum Gasteiger partial charge on any atom is 0.0101 e. The molecular formula is C14H19N. The molecule has 0 saturated carbocycles. The first kappa shape index (κ1) is 11.8. The van der Waals surface area contributed by atoms with E-state index >= 15 is 0 Å². The van der Waals surface area contributed by atoms with Crippen molar-refractivity contribution in [3.8, 4) is 12.3 Å². The molecule has 1 nitrogen and oxygen atoms in total. The lowest BCUT2D eigenvalue weighted by atomic mass is 10.0. The Kier molecular flexibility index (Phi) is 4.93. The molecule has 0 aliphatic heterocycles. The monoisotopic (exact) mass is 201 g/mol. The van der Waals surface area contributed by atoms with Crippen molar-refractivity contribution >= 4 is 0 Å². The third-order valence-electron chi connectivity index (χ3n) is 2.55. The fourth-order valence-electron chi connectivity index (χ4n) is 1.63. The molecule has 2 N–H and O–H groups in total. The minimum atomic E-state index is 0.238. The molecule has 1 atom stereocenters. The van der Waals surface area contributed by atoms with Crippen molar-refractivity contribution in [1.29, 1.82) is 0 Å². The van der Waals surface area contributed by atoms with Gasteiger partial charge >= 0.3 is 0 Å². The number of aryl methyl sites for hydroxylation is 2. The minimum Gasteiger partial charge on any atom is -0.328 e. The fraction of sp³-hybridized carbons (Fsp3) is 0.429. The van der Waals surface area contributed by atoms with E-state index < -0.39 is 0 Å². The molecule has 0 radical (unpaired) electrons. The normalized spacial score (nSPS) is 12.1. The van der Waals surface area contributed by atoms with E-state index in [1.54, 1.807) is 0 Å². The van der Waals surface area contributed by atoms with Crippen LogP contribution < -0.4 is 5.73 Å². The number of nitrogens with two attached hydrogens (primary N) is 1. The fourth-order valence-corrected chi connectivity index (χ4v) is 1.63. The summed E-state index contributed by atoms with van der Waals surface area (Å²) in [7, 11) is 0. The molecule has 1 rings (SSSR count). The quantitative estimate of drug-likeness (QED) is 0.728. The third kappa shape index (κ3) is 4.67. The molecule has 1 heteroatoms. The topological polar surface area (TPSA) is 26.0 Å². The van der Waals surface area contributed by atoms with Gasteiger partial charge in [0.1, 0.15) is 0 Å². The first-order valence-electron chi connectivity index (χ1n) is 5.47. The minimum absolute atomic E-state index is 0.238. The van der Waals surface area contributed by atoms with Gasteiger partial charge in [-0.3, -0.25) is 0 Å². The SMILES string of the molecule is C#CCCC(N)CCc1cccc(C)c1. The Morgan fingerprint density at radius 1 is 1.40 bits per heavy atom. The van der Waals surface area contributed by atoms with Crippen molar-refractivity contribution in [1.82, 2.24) is 0 Å². The van der Waals surface area contributed by atoms with Crippen LogP contribution in [0.1, 0.15) is 30.4 Å². The Labute approximate surface area is 92.7 Å². The highest BCUT2D eigenvalue weighted by atomic mass is 14.6. The van der Waals surface area contributed by atoms with Crippen molar-refractivity contribution in [3.05, 3.63) is 35.4 Å². The Morgan fingerprint density at radius 3 is 2.87 bits per heavy atom. The molecule has 15 heavy (non-hydrogen) atoms. The van der Waals surface area contributed by atoms with E-state index in [2.05, 4.69) is 37.1 Å². The van der Waals surface area contributed by atoms with E-state index in [1.165, 1.54) is 11.1 Å². The Hall–Kier alpha value is -1.26. The molecule has 0 heterocycles. The molecule has 1 unspecified atom stereocenters. The van der Waals surface area contributed by atoms with Crippen LogP contribution in [-0.4, -0.2) is 6.04 Å². The van der Waals surface area contributed by atoms with Gasteiger partial charge in [0, 0.05) is 12.5 Å². The molecule has 0 aromatic heterocycles. The average Bonchev–Trinajstić information content (AvgIpc) is 2.23. The summed E-state index contributed by atoms with van der Waals surface area (Å²) >= 11 is 0. The maximum atomic E-state index is 5.95. The van der Waals surface area contributed by atoms with Gasteiger partial charge in [-0.25, -0.2) is 0 Å². The van der Waals surface area contributed by atoms with Crippen LogP contribution in [0.2, 0.25) is 0 Å². The van der Waals surface area contributed by atoms with Gasteiger partial charge in [0.2, 0.25) is 0 Å². The third-order valence-corrected chi connectivity index (χ3v) is 2.55. The van der Waals surface area contributed by atoms with Crippen LogP contribution in [0.5, 0.6) is 0 Å². The lowest BCUT2D eigenvalue weighted by Crippen LogP contribution is -2.20. The summed E-state index contributed by atoms with van der Waals surface area (Å²) in [6.45, 7) is 2.11. The number of hydrogen-bond acceptors (Lipinski definition) is 1. The smallest absolute Gasteiger partial charge is 0.0101 e. The summed E-state index contributed by atoms with van der Waals surface area (Å²) in [6, 6.07) is 8.82. The number of benzene rings is 1. The summed E-state index contributed by atoms with van der Waals surface area (Å²) in [5, 5.41) is 0. The second-order valence-corrected chi connectivity index (χ2v) is 4.03. The summed E-state index contributed by atoms with van der Waals surface area (Å²) in [6.07, 6.45) is 8.99. The summed E-state index contributed by atoms with van der Waals surface area (Å²) < 4.78 is 0. The maximum absolute atomic E-state index is 5.95. The van der Waals surface area contributed by atoms with Crippen LogP contribution >= 0.6 is 0 Å². The van der Waals surface area contributed by atoms with Crippen LogP contribution in [0.4, 0.5) is 0 Å². The van der Waals surface area contributed by atoms with Gasteiger partial charge in [0.25, 0.3) is 0 Å². The van der Waals surface area contributed by atoms with Crippen LogP contribution in [0.3, 0.4) is 0 Å². The van der Waals surface area contributed by atoms with E-state index in [1.807, 2.05) is 0 Å². The highest BCUT2D eigenvalue weighted by Gasteiger charge is 2.02. The standard InChI is InChI=1S/C14H19N/c1-3-4-8-14(15)10-9-13-7-5-6-12(2)11-13/h1,5-7,11,14H,4,8-10,15H2,2H3. The summed E-state index contributed by atoms with van der Waals surface area (Å²) in [4.78, 5) is 0. The zero-order valence-electron chi connectivity index (χ0n) is 9.37. The summed E-state index contributed by atoms with van der Waals surface area (Å²) in [5.74, 6) is 2.63. The zero-order chi connectivity index (χ0) is 11.1. The van der Waals surface area contributed by atoms with Gasteiger partial charge in [-0.2, -0.15) is 0 Å². The molecule has 0 aliphatic carbocycles. The lowest BCUT2D eigenvalue weighted by Gasteiger charge is -2.09. The lowest BCUT2D eigenvalue weighted by molar-refractivity contribution is 0.578. The van der Waals surface area contributed by atoms with Crippen molar-refractivity contribution in [3.63, 3.8) is 0 Å². The molecule has 1 aromatic rings. The molecule has 0 aliphatic rings. The largest absolute Gasteiger partial charge is 0.328 e. The molecule has 0 fully saturated rings. The molecule has 0 spiro atoms. The molecule has 80 valence electrons. The van der Waals surface area contributed by atoms with E-state index in [0.717, 1.165) is 25.7 Å². The van der Waals surface area contributed by atoms with Crippen molar-refractivity contribution < 1.29 is 0 Å². The van der Waals surface area contributed by atoms with Gasteiger partial charge in [0.05, 0.1) is 0 Å². The van der Waals surface area contributed by atoms with E-state index in [9.17, 15) is 0 Å². The summed E-state index contributed by atoms with van der Waals surface area (Å²) in [5.41, 5.74) is 8.63. The highest BCUT2D eigenvalue weighted by Crippen LogP contribution is 2.09.